The first-order valence-electron chi connectivity index (χ1n) is 9.76. The van der Waals surface area contributed by atoms with Crippen molar-refractivity contribution in [2.24, 2.45) is 0 Å². The molecule has 0 bridgehead atoms. The number of methoxy groups -OCH3 is 1. The number of benzene rings is 3. The van der Waals surface area contributed by atoms with Crippen molar-refractivity contribution < 1.29 is 4.74 Å². The molecule has 2 aromatic heterocycles. The first-order valence-corrected chi connectivity index (χ1v) is 9.76. The molecule has 7 nitrogen and oxygen atoms in total. The maximum Gasteiger partial charge on any atom is 0.272 e. The van der Waals surface area contributed by atoms with Gasteiger partial charge in [0.1, 0.15) is 11.6 Å². The Morgan fingerprint density at radius 3 is 2.42 bits per heavy atom. The normalized spacial score (nSPS) is 11.1. The number of aromatic amines is 2. The lowest BCUT2D eigenvalue weighted by molar-refractivity contribution is 0.415. The zero-order valence-corrected chi connectivity index (χ0v) is 16.7. The van der Waals surface area contributed by atoms with Crippen LogP contribution in [0.4, 0.5) is 0 Å². The van der Waals surface area contributed by atoms with E-state index < -0.39 is 0 Å². The van der Waals surface area contributed by atoms with Gasteiger partial charge in [0.25, 0.3) is 11.1 Å². The predicted octanol–water partition coefficient (Wildman–Crippen LogP) is 3.43. The average Bonchev–Trinajstić information content (AvgIpc) is 2.81. The highest BCUT2D eigenvalue weighted by molar-refractivity contribution is 5.84. The Morgan fingerprint density at radius 1 is 0.871 bits per heavy atom. The zero-order valence-electron chi connectivity index (χ0n) is 16.7. The molecule has 5 aromatic rings. The molecular weight excluding hydrogens is 392 g/mol. The van der Waals surface area contributed by atoms with Crippen LogP contribution >= 0.6 is 0 Å². The van der Waals surface area contributed by atoms with Crippen LogP contribution in [-0.2, 0) is 6.42 Å². The van der Waals surface area contributed by atoms with Crippen molar-refractivity contribution in [2.75, 3.05) is 7.11 Å². The van der Waals surface area contributed by atoms with Gasteiger partial charge in [0.2, 0.25) is 0 Å². The second-order valence-electron chi connectivity index (χ2n) is 7.22. The summed E-state index contributed by atoms with van der Waals surface area (Å²) in [6, 6.07) is 20.4. The van der Waals surface area contributed by atoms with Gasteiger partial charge >= 0.3 is 0 Å². The van der Waals surface area contributed by atoms with Gasteiger partial charge < -0.3 is 9.72 Å². The van der Waals surface area contributed by atoms with E-state index in [2.05, 4.69) is 20.2 Å². The van der Waals surface area contributed by atoms with Gasteiger partial charge in [0, 0.05) is 17.4 Å². The van der Waals surface area contributed by atoms with Crippen LogP contribution in [-0.4, -0.2) is 27.3 Å². The van der Waals surface area contributed by atoms with Crippen LogP contribution in [0.2, 0.25) is 0 Å². The van der Waals surface area contributed by atoms with Gasteiger partial charge in [-0.05, 0) is 29.8 Å². The third-order valence-electron chi connectivity index (χ3n) is 5.29. The second kappa shape index (κ2) is 7.53. The van der Waals surface area contributed by atoms with Gasteiger partial charge in [-0.25, -0.2) is 10.1 Å². The molecule has 152 valence electrons. The summed E-state index contributed by atoms with van der Waals surface area (Å²) >= 11 is 0. The summed E-state index contributed by atoms with van der Waals surface area (Å²) in [5.74, 6) is 1.11. The number of nitrogens with zero attached hydrogens (tertiary/aromatic N) is 2. The monoisotopic (exact) mass is 410 g/mol. The second-order valence-corrected chi connectivity index (χ2v) is 7.22. The summed E-state index contributed by atoms with van der Waals surface area (Å²) in [5, 5.41) is 8.75. The molecule has 0 spiro atoms. The number of aromatic nitrogens is 4. The molecule has 0 aliphatic carbocycles. The molecule has 5 rings (SSSR count). The summed E-state index contributed by atoms with van der Waals surface area (Å²) in [6.45, 7) is 0. The van der Waals surface area contributed by atoms with Crippen molar-refractivity contribution in [1.29, 1.82) is 0 Å². The van der Waals surface area contributed by atoms with E-state index >= 15 is 0 Å². The largest absolute Gasteiger partial charge is 0.497 e. The molecule has 0 radical (unpaired) electrons. The van der Waals surface area contributed by atoms with Gasteiger partial charge in [-0.3, -0.25) is 9.59 Å². The smallest absolute Gasteiger partial charge is 0.272 e. The van der Waals surface area contributed by atoms with Crippen LogP contribution in [0.3, 0.4) is 0 Å². The molecule has 0 amide bonds. The number of ether oxygens (including phenoxy) is 1. The Hall–Kier alpha value is -4.26. The number of nitrogens with one attached hydrogen (secondary N) is 2. The van der Waals surface area contributed by atoms with Crippen molar-refractivity contribution >= 4 is 21.7 Å². The minimum atomic E-state index is -0.216. The van der Waals surface area contributed by atoms with E-state index in [1.165, 1.54) is 0 Å². The topological polar surface area (TPSA) is 101 Å². The van der Waals surface area contributed by atoms with Crippen molar-refractivity contribution in [2.45, 2.75) is 6.42 Å². The molecule has 31 heavy (non-hydrogen) atoms. The fraction of sp³-hybridized carbons (Fsp3) is 0.0833. The molecule has 3 aromatic carbocycles. The predicted molar refractivity (Wildman–Crippen MR) is 120 cm³/mol. The van der Waals surface area contributed by atoms with Crippen LogP contribution < -0.4 is 15.9 Å². The van der Waals surface area contributed by atoms with E-state index in [0.29, 0.717) is 34.3 Å². The number of fused-ring (bicyclic) bond motifs is 2. The lowest BCUT2D eigenvalue weighted by atomic mass is 10.0. The fourth-order valence-electron chi connectivity index (χ4n) is 3.66. The number of hydrogen-bond donors (Lipinski definition) is 2. The van der Waals surface area contributed by atoms with Gasteiger partial charge in [-0.15, -0.1) is 0 Å². The maximum absolute atomic E-state index is 12.5. The summed E-state index contributed by atoms with van der Waals surface area (Å²) in [7, 11) is 1.56. The summed E-state index contributed by atoms with van der Waals surface area (Å²) in [4.78, 5) is 31.9. The minimum absolute atomic E-state index is 0.196. The van der Waals surface area contributed by atoms with Crippen molar-refractivity contribution in [3.05, 3.63) is 98.7 Å². The molecule has 0 unspecified atom stereocenters. The van der Waals surface area contributed by atoms with Crippen LogP contribution in [0, 0.1) is 0 Å². The van der Waals surface area contributed by atoms with Gasteiger partial charge in [-0.2, -0.15) is 5.10 Å². The first kappa shape index (κ1) is 18.7. The molecular formula is C24H18N4O3. The van der Waals surface area contributed by atoms with Crippen molar-refractivity contribution in [3.8, 4) is 17.1 Å². The number of H-pyrrole nitrogens is 2. The molecule has 0 saturated heterocycles. The molecule has 0 saturated carbocycles. The Balaban J connectivity index is 1.48. The highest BCUT2D eigenvalue weighted by Gasteiger charge is 2.09. The lowest BCUT2D eigenvalue weighted by Crippen LogP contribution is -2.11. The van der Waals surface area contributed by atoms with Crippen LogP contribution in [0.5, 0.6) is 5.75 Å². The standard InChI is InChI=1S/C24H18N4O3/c1-31-16-10-11-20-19(13-16)23(29)26-22(25-20)15-8-6-14(7-9-15)12-21-17-4-2-3-5-18(17)24(30)28-27-21/h2-11,13H,12H2,1H3,(H,28,30)(H,25,26,29). The van der Waals surface area contributed by atoms with Crippen LogP contribution in [0.25, 0.3) is 33.1 Å². The highest BCUT2D eigenvalue weighted by Crippen LogP contribution is 2.22. The maximum atomic E-state index is 12.5. The summed E-state index contributed by atoms with van der Waals surface area (Å²) < 4.78 is 5.18. The van der Waals surface area contributed by atoms with Gasteiger partial charge in [0.05, 0.1) is 29.1 Å². The Bertz CT molecular complexity index is 1540. The average molecular weight is 410 g/mol. The first-order chi connectivity index (χ1) is 15.1. The van der Waals surface area contributed by atoms with E-state index in [0.717, 1.165) is 22.2 Å². The van der Waals surface area contributed by atoms with E-state index in [1.807, 2.05) is 42.5 Å². The third-order valence-corrected chi connectivity index (χ3v) is 5.29. The van der Waals surface area contributed by atoms with E-state index in [4.69, 9.17) is 4.74 Å². The summed E-state index contributed by atoms with van der Waals surface area (Å²) in [6.07, 6.45) is 0.568. The van der Waals surface area contributed by atoms with Gasteiger partial charge in [-0.1, -0.05) is 42.5 Å². The van der Waals surface area contributed by atoms with Crippen molar-refractivity contribution in [1.82, 2.24) is 20.2 Å². The van der Waals surface area contributed by atoms with Crippen LogP contribution in [0.1, 0.15) is 11.3 Å². The highest BCUT2D eigenvalue weighted by atomic mass is 16.5. The fourth-order valence-corrected chi connectivity index (χ4v) is 3.66. The SMILES string of the molecule is COc1ccc2nc(-c3ccc(Cc4n[nH]c(=O)c5ccccc45)cc3)[nH]c(=O)c2c1. The Kier molecular flexibility index (Phi) is 4.55. The molecule has 2 N–H and O–H groups in total. The Labute approximate surface area is 176 Å². The molecule has 2 heterocycles. The molecule has 0 aliphatic rings. The Morgan fingerprint density at radius 2 is 1.65 bits per heavy atom. The van der Waals surface area contributed by atoms with Crippen LogP contribution in [0.15, 0.2) is 76.3 Å². The zero-order chi connectivity index (χ0) is 21.4. The molecule has 0 fully saturated rings. The molecule has 7 heteroatoms. The summed E-state index contributed by atoms with van der Waals surface area (Å²) in [5.41, 5.74) is 2.83. The van der Waals surface area contributed by atoms with E-state index in [9.17, 15) is 9.59 Å². The van der Waals surface area contributed by atoms with E-state index in [-0.39, 0.29) is 11.1 Å². The van der Waals surface area contributed by atoms with Gasteiger partial charge in [0.15, 0.2) is 0 Å². The minimum Gasteiger partial charge on any atom is -0.497 e. The number of rotatable bonds is 4. The number of hydrogen-bond acceptors (Lipinski definition) is 5. The molecule has 0 aliphatic heterocycles. The van der Waals surface area contributed by atoms with E-state index in [1.54, 1.807) is 31.4 Å². The lowest BCUT2D eigenvalue weighted by Gasteiger charge is -2.07. The molecule has 0 atom stereocenters. The quantitative estimate of drug-likeness (QED) is 0.473. The third kappa shape index (κ3) is 3.46. The van der Waals surface area contributed by atoms with Crippen molar-refractivity contribution in [3.63, 3.8) is 0 Å².